The number of anilines is 1. The fourth-order valence-electron chi connectivity index (χ4n) is 2.92. The van der Waals surface area contributed by atoms with E-state index in [4.69, 9.17) is 4.74 Å². The summed E-state index contributed by atoms with van der Waals surface area (Å²) in [5, 5.41) is 15.2. The molecule has 0 spiro atoms. The van der Waals surface area contributed by atoms with Gasteiger partial charge in [0.1, 0.15) is 16.6 Å². The molecule has 1 N–H and O–H groups in total. The van der Waals surface area contributed by atoms with Crippen molar-refractivity contribution >= 4 is 28.6 Å². The number of allylic oxidation sites excluding steroid dienone is 1. The predicted octanol–water partition coefficient (Wildman–Crippen LogP) is 6.52. The highest BCUT2D eigenvalue weighted by Crippen LogP contribution is 2.26. The molecule has 0 saturated heterocycles. The number of thiazole rings is 1. The van der Waals surface area contributed by atoms with Gasteiger partial charge in [-0.2, -0.15) is 5.26 Å². The Hall–Kier alpha value is -3.43. The molecule has 0 bridgehead atoms. The lowest BCUT2D eigenvalue weighted by atomic mass is 10.2. The molecule has 0 aliphatic carbocycles. The van der Waals surface area contributed by atoms with Gasteiger partial charge >= 0.3 is 5.97 Å². The molecule has 0 saturated carbocycles. The number of nitrogens with zero attached hydrogens (tertiary/aromatic N) is 2. The number of carbonyl (C=O) groups is 1. The molecule has 2 aromatic carbocycles. The lowest BCUT2D eigenvalue weighted by molar-refractivity contribution is 0.0498. The van der Waals surface area contributed by atoms with Gasteiger partial charge in [0.2, 0.25) is 0 Å². The number of carbonyl (C=O) groups excluding carboxylic acids is 1. The first-order chi connectivity index (χ1) is 15.2. The van der Waals surface area contributed by atoms with Gasteiger partial charge in [0, 0.05) is 22.8 Å². The number of esters is 1. The van der Waals surface area contributed by atoms with Crippen LogP contribution in [-0.2, 0) is 4.74 Å². The molecule has 0 aliphatic rings. The Balaban J connectivity index is 1.58. The Morgan fingerprint density at radius 1 is 1.13 bits per heavy atom. The van der Waals surface area contributed by atoms with Gasteiger partial charge in [0.15, 0.2) is 0 Å². The summed E-state index contributed by atoms with van der Waals surface area (Å²) in [6.07, 6.45) is 5.91. The molecule has 0 amide bonds. The van der Waals surface area contributed by atoms with Crippen molar-refractivity contribution in [1.82, 2.24) is 4.98 Å². The summed E-state index contributed by atoms with van der Waals surface area (Å²) >= 11 is 1.43. The van der Waals surface area contributed by atoms with Crippen molar-refractivity contribution in [2.24, 2.45) is 0 Å². The Morgan fingerprint density at radius 3 is 2.61 bits per heavy atom. The maximum atomic E-state index is 12.1. The zero-order valence-electron chi connectivity index (χ0n) is 17.5. The maximum absolute atomic E-state index is 12.1. The molecule has 0 aliphatic heterocycles. The lowest BCUT2D eigenvalue weighted by Crippen LogP contribution is -2.06. The van der Waals surface area contributed by atoms with Crippen molar-refractivity contribution in [1.29, 1.82) is 5.26 Å². The van der Waals surface area contributed by atoms with Crippen LogP contribution in [0.2, 0.25) is 0 Å². The van der Waals surface area contributed by atoms with Crippen LogP contribution in [0, 0.1) is 11.3 Å². The summed E-state index contributed by atoms with van der Waals surface area (Å²) in [5.41, 5.74) is 3.59. The average Bonchev–Trinajstić information content (AvgIpc) is 3.30. The highest BCUT2D eigenvalue weighted by molar-refractivity contribution is 7.11. The molecule has 1 aromatic heterocycles. The highest BCUT2D eigenvalue weighted by Gasteiger charge is 2.09. The normalized spacial score (nSPS) is 11.0. The average molecular weight is 432 g/mol. The number of hydrogen-bond acceptors (Lipinski definition) is 6. The van der Waals surface area contributed by atoms with Crippen molar-refractivity contribution in [2.45, 2.75) is 32.6 Å². The minimum absolute atomic E-state index is 0.312. The first-order valence-corrected chi connectivity index (χ1v) is 11.2. The SMILES string of the molecule is CCCCCCOC(=O)c1ccc(NC=C(C#N)c2nc(-c3ccccc3)cs2)cc1. The minimum atomic E-state index is -0.312. The molecule has 5 nitrogen and oxygen atoms in total. The molecule has 158 valence electrons. The number of ether oxygens (including phenoxy) is 1. The smallest absolute Gasteiger partial charge is 0.338 e. The van der Waals surface area contributed by atoms with Gasteiger partial charge in [-0.3, -0.25) is 0 Å². The summed E-state index contributed by atoms with van der Waals surface area (Å²) in [4.78, 5) is 16.7. The Labute approximate surface area is 187 Å². The van der Waals surface area contributed by atoms with E-state index in [9.17, 15) is 10.1 Å². The molecule has 0 atom stereocenters. The van der Waals surface area contributed by atoms with Crippen molar-refractivity contribution < 1.29 is 9.53 Å². The topological polar surface area (TPSA) is 75.0 Å². The summed E-state index contributed by atoms with van der Waals surface area (Å²) in [5.74, 6) is -0.312. The monoisotopic (exact) mass is 431 g/mol. The fraction of sp³-hybridized carbons (Fsp3) is 0.240. The molecule has 6 heteroatoms. The van der Waals surface area contributed by atoms with Crippen molar-refractivity contribution in [3.63, 3.8) is 0 Å². The van der Waals surface area contributed by atoms with Gasteiger partial charge in [-0.05, 0) is 30.7 Å². The van der Waals surface area contributed by atoms with Gasteiger partial charge in [0.25, 0.3) is 0 Å². The van der Waals surface area contributed by atoms with Crippen LogP contribution >= 0.6 is 11.3 Å². The van der Waals surface area contributed by atoms with Crippen molar-refractivity contribution in [3.05, 3.63) is 76.7 Å². The maximum Gasteiger partial charge on any atom is 0.338 e. The summed E-state index contributed by atoms with van der Waals surface area (Å²) in [6.45, 7) is 2.60. The van der Waals surface area contributed by atoms with Gasteiger partial charge in [-0.1, -0.05) is 56.5 Å². The third-order valence-corrected chi connectivity index (χ3v) is 5.53. The predicted molar refractivity (Wildman–Crippen MR) is 126 cm³/mol. The number of benzene rings is 2. The van der Waals surface area contributed by atoms with E-state index in [0.717, 1.165) is 42.6 Å². The van der Waals surface area contributed by atoms with E-state index in [1.165, 1.54) is 11.3 Å². The third kappa shape index (κ3) is 6.53. The van der Waals surface area contributed by atoms with E-state index in [2.05, 4.69) is 23.3 Å². The standard InChI is InChI=1S/C25H25N3O2S/c1-2-3-4-8-15-30-25(29)20-11-13-22(14-12-20)27-17-21(16-26)24-28-23(18-31-24)19-9-6-5-7-10-19/h5-7,9-14,17-18,27H,2-4,8,15H2,1H3. The molecule has 0 radical (unpaired) electrons. The van der Waals surface area contributed by atoms with E-state index < -0.39 is 0 Å². The molecule has 0 unspecified atom stereocenters. The Morgan fingerprint density at radius 2 is 1.90 bits per heavy atom. The quantitative estimate of drug-likeness (QED) is 0.225. The number of unbranched alkanes of at least 4 members (excludes halogenated alkanes) is 3. The molecule has 0 fully saturated rings. The van der Waals surface area contributed by atoms with E-state index in [1.807, 2.05) is 35.7 Å². The van der Waals surface area contributed by atoms with Crippen LogP contribution in [0.3, 0.4) is 0 Å². The Kier molecular flexibility index (Phi) is 8.39. The van der Waals surface area contributed by atoms with Crippen LogP contribution in [0.1, 0.15) is 48.0 Å². The molecule has 3 aromatic rings. The number of rotatable bonds is 10. The number of hydrogen-bond donors (Lipinski definition) is 1. The van der Waals surface area contributed by atoms with Gasteiger partial charge in [-0.25, -0.2) is 9.78 Å². The van der Waals surface area contributed by atoms with Crippen LogP contribution in [-0.4, -0.2) is 17.6 Å². The van der Waals surface area contributed by atoms with Crippen LogP contribution in [0.4, 0.5) is 5.69 Å². The van der Waals surface area contributed by atoms with Gasteiger partial charge in [-0.15, -0.1) is 11.3 Å². The summed E-state index contributed by atoms with van der Waals surface area (Å²) < 4.78 is 5.31. The van der Waals surface area contributed by atoms with E-state index in [0.29, 0.717) is 22.8 Å². The van der Waals surface area contributed by atoms with E-state index >= 15 is 0 Å². The van der Waals surface area contributed by atoms with Gasteiger partial charge < -0.3 is 10.1 Å². The van der Waals surface area contributed by atoms with Crippen LogP contribution < -0.4 is 5.32 Å². The zero-order valence-corrected chi connectivity index (χ0v) is 18.3. The minimum Gasteiger partial charge on any atom is -0.462 e. The molecular formula is C25H25N3O2S. The van der Waals surface area contributed by atoms with E-state index in [1.54, 1.807) is 30.5 Å². The van der Waals surface area contributed by atoms with Crippen LogP contribution in [0.25, 0.3) is 16.8 Å². The fourth-order valence-corrected chi connectivity index (χ4v) is 3.71. The number of nitriles is 1. The first kappa shape index (κ1) is 22.3. The lowest BCUT2D eigenvalue weighted by Gasteiger charge is -2.06. The molecular weight excluding hydrogens is 406 g/mol. The summed E-state index contributed by atoms with van der Waals surface area (Å²) in [7, 11) is 0. The second-order valence-corrected chi connectivity index (χ2v) is 7.85. The zero-order chi connectivity index (χ0) is 21.9. The molecule has 3 rings (SSSR count). The largest absolute Gasteiger partial charge is 0.462 e. The molecule has 1 heterocycles. The van der Waals surface area contributed by atoms with Crippen LogP contribution in [0.15, 0.2) is 66.2 Å². The summed E-state index contributed by atoms with van der Waals surface area (Å²) in [6, 6.07) is 19.1. The highest BCUT2D eigenvalue weighted by atomic mass is 32.1. The van der Waals surface area contributed by atoms with Crippen molar-refractivity contribution in [3.8, 4) is 17.3 Å². The van der Waals surface area contributed by atoms with Crippen molar-refractivity contribution in [2.75, 3.05) is 11.9 Å². The number of nitrogens with one attached hydrogen (secondary N) is 1. The van der Waals surface area contributed by atoms with E-state index in [-0.39, 0.29) is 5.97 Å². The Bertz CT molecular complexity index is 1050. The first-order valence-electron chi connectivity index (χ1n) is 10.4. The number of aromatic nitrogens is 1. The third-order valence-electron chi connectivity index (χ3n) is 4.66. The second-order valence-electron chi connectivity index (χ2n) is 6.99. The second kappa shape index (κ2) is 11.7. The van der Waals surface area contributed by atoms with Crippen LogP contribution in [0.5, 0.6) is 0 Å². The van der Waals surface area contributed by atoms with Gasteiger partial charge in [0.05, 0.1) is 17.9 Å². The molecule has 31 heavy (non-hydrogen) atoms.